The Morgan fingerprint density at radius 1 is 1.03 bits per heavy atom. The maximum Gasteiger partial charge on any atom is 0.155 e. The number of hydrogen-bond acceptors (Lipinski definition) is 4. The van der Waals surface area contributed by atoms with Crippen LogP contribution in [0.4, 0.5) is 0 Å². The average molecular weight is 717 g/mol. The van der Waals surface area contributed by atoms with Gasteiger partial charge in [0.15, 0.2) is 5.78 Å². The van der Waals surface area contributed by atoms with E-state index < -0.39 is 8.07 Å². The molecule has 0 spiro atoms. The first-order valence-corrected chi connectivity index (χ1v) is 16.9. The van der Waals surface area contributed by atoms with Gasteiger partial charge in [0.25, 0.3) is 0 Å². The fourth-order valence-electron chi connectivity index (χ4n) is 4.70. The summed E-state index contributed by atoms with van der Waals surface area (Å²) >= 11 is 1.92. The number of allylic oxidation sites excluding steroid dienone is 2. The van der Waals surface area contributed by atoms with Crippen LogP contribution in [0.15, 0.2) is 72.6 Å². The molecule has 5 aromatic rings. The summed E-state index contributed by atoms with van der Waals surface area (Å²) in [7, 11) is -1.44. The Morgan fingerprint density at radius 2 is 1.71 bits per heavy atom. The maximum absolute atomic E-state index is 10.0. The first kappa shape index (κ1) is 29.9. The van der Waals surface area contributed by atoms with Crippen molar-refractivity contribution in [2.24, 2.45) is 0 Å². The minimum Gasteiger partial charge on any atom is -0.512 e. The molecule has 0 bridgehead atoms. The van der Waals surface area contributed by atoms with Gasteiger partial charge in [-0.05, 0) is 41.8 Å². The standard InChI is InChI=1S/C27H26NSSi.C5H8O2.Ir/c1-17(2)22-16-19(15-18-9-6-7-10-20(18)22)26-25-21-11-8-12-24(30(3,4)5)27(21)29-23(25)13-14-28-26;1-4(6)3-5(2)7;/h6-14,16-17H,1-5H3;3,6H,1-2H3;/q-1;;/b;4-3-;. The van der Waals surface area contributed by atoms with Crippen molar-refractivity contribution in [3.05, 3.63) is 84.3 Å². The molecule has 1 radical (unpaired) electrons. The van der Waals surface area contributed by atoms with Crippen molar-refractivity contribution in [3.63, 3.8) is 0 Å². The van der Waals surface area contributed by atoms with Gasteiger partial charge in [0.05, 0.1) is 13.8 Å². The molecule has 199 valence electrons. The van der Waals surface area contributed by atoms with Gasteiger partial charge in [-0.1, -0.05) is 80.8 Å². The van der Waals surface area contributed by atoms with Crippen LogP contribution in [0.2, 0.25) is 19.6 Å². The molecule has 0 amide bonds. The molecule has 0 aliphatic rings. The Bertz CT molecular complexity index is 1640. The predicted molar refractivity (Wildman–Crippen MR) is 163 cm³/mol. The summed E-state index contributed by atoms with van der Waals surface area (Å²) in [6, 6.07) is 23.6. The number of fused-ring (bicyclic) bond motifs is 4. The zero-order valence-corrected chi connectivity index (χ0v) is 27.2. The topological polar surface area (TPSA) is 50.2 Å². The number of aliphatic hydroxyl groups is 1. The summed E-state index contributed by atoms with van der Waals surface area (Å²) in [5.41, 5.74) is 3.51. The minimum absolute atomic E-state index is 0. The van der Waals surface area contributed by atoms with E-state index in [2.05, 4.69) is 94.2 Å². The normalized spacial score (nSPS) is 11.9. The van der Waals surface area contributed by atoms with E-state index in [1.807, 2.05) is 17.5 Å². The molecule has 2 aromatic heterocycles. The van der Waals surface area contributed by atoms with Gasteiger partial charge in [0.2, 0.25) is 0 Å². The summed E-state index contributed by atoms with van der Waals surface area (Å²) in [4.78, 5) is 14.9. The molecule has 3 aromatic carbocycles. The van der Waals surface area contributed by atoms with Crippen molar-refractivity contribution in [2.75, 3.05) is 0 Å². The first-order chi connectivity index (χ1) is 17.5. The Kier molecular flexibility index (Phi) is 9.48. The number of ketones is 1. The van der Waals surface area contributed by atoms with Gasteiger partial charge in [0, 0.05) is 47.5 Å². The molecule has 0 aliphatic heterocycles. The zero-order chi connectivity index (χ0) is 26.9. The molecule has 0 fully saturated rings. The van der Waals surface area contributed by atoms with Crippen LogP contribution in [0, 0.1) is 6.07 Å². The van der Waals surface area contributed by atoms with Gasteiger partial charge in [0.1, 0.15) is 0 Å². The van der Waals surface area contributed by atoms with Crippen LogP contribution in [0.25, 0.3) is 42.2 Å². The zero-order valence-electron chi connectivity index (χ0n) is 23.0. The summed E-state index contributed by atoms with van der Waals surface area (Å²) in [6.45, 7) is 14.7. The van der Waals surface area contributed by atoms with E-state index in [0.717, 1.165) is 11.3 Å². The van der Waals surface area contributed by atoms with Gasteiger partial charge in [-0.3, -0.25) is 9.78 Å². The number of pyridine rings is 1. The second-order valence-corrected chi connectivity index (χ2v) is 16.9. The number of nitrogens with zero attached hydrogens (tertiary/aromatic N) is 1. The van der Waals surface area contributed by atoms with Crippen LogP contribution in [0.5, 0.6) is 0 Å². The summed E-state index contributed by atoms with van der Waals surface area (Å²) in [5, 5.41) is 15.0. The van der Waals surface area contributed by atoms with Crippen molar-refractivity contribution >= 4 is 61.3 Å². The van der Waals surface area contributed by atoms with E-state index in [1.54, 1.807) is 0 Å². The molecular formula is C32H34IrNO2SSi-. The fourth-order valence-corrected chi connectivity index (χ4v) is 8.29. The number of hydrogen-bond donors (Lipinski definition) is 1. The average Bonchev–Trinajstić information content (AvgIpc) is 3.21. The minimum atomic E-state index is -1.44. The Balaban J connectivity index is 0.000000444. The number of aliphatic hydroxyl groups excluding tert-OH is 1. The van der Waals surface area contributed by atoms with E-state index in [-0.39, 0.29) is 31.6 Å². The third-order valence-corrected chi connectivity index (χ3v) is 9.73. The van der Waals surface area contributed by atoms with Crippen molar-refractivity contribution in [2.45, 2.75) is 53.3 Å². The molecule has 3 nitrogen and oxygen atoms in total. The molecule has 6 heteroatoms. The SMILES string of the molecule is CC(=O)/C=C(/C)O.CC(C)c1cc(-c2nccc3sc4c([Si](C)(C)C)cccc4c23)[c-]c2ccccc12.[Ir]. The number of thiophene rings is 1. The fraction of sp³-hybridized carbons (Fsp3) is 0.250. The molecule has 1 N–H and O–H groups in total. The quantitative estimate of drug-likeness (QED) is 0.0876. The first-order valence-electron chi connectivity index (χ1n) is 12.6. The van der Waals surface area contributed by atoms with Gasteiger partial charge in [-0.15, -0.1) is 40.5 Å². The van der Waals surface area contributed by atoms with E-state index in [0.29, 0.717) is 5.92 Å². The van der Waals surface area contributed by atoms with Crippen LogP contribution in [-0.2, 0) is 24.9 Å². The van der Waals surface area contributed by atoms with Crippen molar-refractivity contribution < 1.29 is 30.0 Å². The number of rotatable bonds is 4. The van der Waals surface area contributed by atoms with Crippen molar-refractivity contribution in [1.29, 1.82) is 0 Å². The second-order valence-electron chi connectivity index (χ2n) is 10.8. The number of carbonyl (C=O) groups is 1. The van der Waals surface area contributed by atoms with E-state index in [4.69, 9.17) is 10.1 Å². The third kappa shape index (κ3) is 6.32. The molecule has 38 heavy (non-hydrogen) atoms. The number of benzene rings is 3. The molecule has 5 rings (SSSR count). The molecule has 0 atom stereocenters. The maximum atomic E-state index is 10.0. The van der Waals surface area contributed by atoms with Gasteiger partial charge in [-0.2, -0.15) is 0 Å². The molecule has 0 saturated carbocycles. The third-order valence-electron chi connectivity index (χ3n) is 6.31. The summed E-state index contributed by atoms with van der Waals surface area (Å²) in [5.74, 6) is 0.382. The Hall–Kier alpha value is -2.63. The molecule has 0 aliphatic carbocycles. The monoisotopic (exact) mass is 717 g/mol. The van der Waals surface area contributed by atoms with Crippen LogP contribution < -0.4 is 5.19 Å². The summed E-state index contributed by atoms with van der Waals surface area (Å²) in [6.07, 6.45) is 3.12. The summed E-state index contributed by atoms with van der Waals surface area (Å²) < 4.78 is 2.75. The number of carbonyl (C=O) groups excluding carboxylic acids is 1. The van der Waals surface area contributed by atoms with Crippen molar-refractivity contribution in [1.82, 2.24) is 4.98 Å². The molecule has 0 saturated heterocycles. The van der Waals surface area contributed by atoms with Crippen LogP contribution >= 0.6 is 11.3 Å². The van der Waals surface area contributed by atoms with E-state index in [1.165, 1.54) is 61.6 Å². The van der Waals surface area contributed by atoms with Crippen LogP contribution in [0.3, 0.4) is 0 Å². The van der Waals surface area contributed by atoms with E-state index in [9.17, 15) is 4.79 Å². The largest absolute Gasteiger partial charge is 0.512 e. The van der Waals surface area contributed by atoms with Gasteiger partial charge < -0.3 is 5.11 Å². The predicted octanol–water partition coefficient (Wildman–Crippen LogP) is 8.77. The Morgan fingerprint density at radius 3 is 2.32 bits per heavy atom. The smallest absolute Gasteiger partial charge is 0.155 e. The number of aromatic nitrogens is 1. The van der Waals surface area contributed by atoms with Crippen LogP contribution in [0.1, 0.15) is 39.2 Å². The Labute approximate surface area is 244 Å². The molecular weight excluding hydrogens is 683 g/mol. The van der Waals surface area contributed by atoms with Crippen LogP contribution in [-0.4, -0.2) is 23.9 Å². The van der Waals surface area contributed by atoms with Crippen molar-refractivity contribution in [3.8, 4) is 11.3 Å². The molecule has 2 heterocycles. The van der Waals surface area contributed by atoms with Gasteiger partial charge >= 0.3 is 0 Å². The van der Waals surface area contributed by atoms with Gasteiger partial charge in [-0.25, -0.2) is 0 Å². The second kappa shape index (κ2) is 12.0. The van der Waals surface area contributed by atoms with E-state index >= 15 is 0 Å². The molecule has 0 unspecified atom stereocenters.